The molecule has 0 bridgehead atoms. The van der Waals surface area contributed by atoms with Crippen LogP contribution < -0.4 is 0 Å². The van der Waals surface area contributed by atoms with Gasteiger partial charge in [0.2, 0.25) is 0 Å². The molecule has 1 atom stereocenters. The van der Waals surface area contributed by atoms with Gasteiger partial charge in [0.15, 0.2) is 5.78 Å². The first kappa shape index (κ1) is 14.6. The molecule has 1 aromatic carbocycles. The number of nitrogens with zero attached hydrogens (tertiary/aromatic N) is 1. The van der Waals surface area contributed by atoms with Gasteiger partial charge in [0, 0.05) is 12.0 Å². The van der Waals surface area contributed by atoms with Crippen molar-refractivity contribution in [3.8, 4) is 6.07 Å². The lowest BCUT2D eigenvalue weighted by Crippen LogP contribution is -2.25. The van der Waals surface area contributed by atoms with Gasteiger partial charge in [-0.25, -0.2) is 8.78 Å². The molecule has 1 saturated carbocycles. The van der Waals surface area contributed by atoms with Gasteiger partial charge < -0.3 is 0 Å². The molecule has 106 valence electrons. The Labute approximate surface area is 117 Å². The van der Waals surface area contributed by atoms with Crippen LogP contribution in [0.3, 0.4) is 0 Å². The number of rotatable bonds is 3. The molecule has 1 aromatic rings. The van der Waals surface area contributed by atoms with E-state index in [4.69, 9.17) is 0 Å². The summed E-state index contributed by atoms with van der Waals surface area (Å²) >= 11 is 0. The van der Waals surface area contributed by atoms with Gasteiger partial charge in [-0.3, -0.25) is 4.79 Å². The Hall–Kier alpha value is -1.76. The fourth-order valence-electron chi connectivity index (χ4n) is 2.82. The standard InChI is InChI=1S/C16H17F2NO/c1-10-2-4-11(5-3-10)16(20)15(9-19)12-6-13(17)8-14(18)7-12/h6-8,10-11,15H,2-5H2,1H3. The SMILES string of the molecule is CC1CCC(C(=O)C(C#N)c2cc(F)cc(F)c2)CC1. The van der Waals surface area contributed by atoms with Gasteiger partial charge >= 0.3 is 0 Å². The Morgan fingerprint density at radius 2 is 1.75 bits per heavy atom. The molecule has 4 heteroatoms. The molecule has 0 amide bonds. The second-order valence-electron chi connectivity index (χ2n) is 5.62. The highest BCUT2D eigenvalue weighted by atomic mass is 19.1. The van der Waals surface area contributed by atoms with Crippen LogP contribution in [0.5, 0.6) is 0 Å². The van der Waals surface area contributed by atoms with E-state index >= 15 is 0 Å². The van der Waals surface area contributed by atoms with E-state index in [1.165, 1.54) is 0 Å². The van der Waals surface area contributed by atoms with Gasteiger partial charge in [0.05, 0.1) is 6.07 Å². The van der Waals surface area contributed by atoms with Gasteiger partial charge in [-0.05, 0) is 36.5 Å². The normalized spacial score (nSPS) is 23.9. The zero-order valence-corrected chi connectivity index (χ0v) is 11.4. The predicted octanol–water partition coefficient (Wildman–Crippen LogP) is 3.97. The van der Waals surface area contributed by atoms with Crippen molar-refractivity contribution in [3.63, 3.8) is 0 Å². The van der Waals surface area contributed by atoms with Crippen LogP contribution in [0.2, 0.25) is 0 Å². The van der Waals surface area contributed by atoms with Crippen molar-refractivity contribution in [2.75, 3.05) is 0 Å². The molecule has 0 N–H and O–H groups in total. The first-order valence-electron chi connectivity index (χ1n) is 6.90. The molecule has 0 aliphatic heterocycles. The summed E-state index contributed by atoms with van der Waals surface area (Å²) in [5.74, 6) is -2.35. The molecule has 1 aliphatic rings. The van der Waals surface area contributed by atoms with E-state index in [-0.39, 0.29) is 17.3 Å². The van der Waals surface area contributed by atoms with Crippen molar-refractivity contribution >= 4 is 5.78 Å². The average molecular weight is 277 g/mol. The maximum atomic E-state index is 13.2. The Bertz CT molecular complexity index is 522. The van der Waals surface area contributed by atoms with Gasteiger partial charge in [-0.1, -0.05) is 19.8 Å². The number of hydrogen-bond donors (Lipinski definition) is 0. The van der Waals surface area contributed by atoms with E-state index in [2.05, 4.69) is 6.92 Å². The Morgan fingerprint density at radius 1 is 1.20 bits per heavy atom. The first-order valence-corrected chi connectivity index (χ1v) is 6.90. The fourth-order valence-corrected chi connectivity index (χ4v) is 2.82. The third kappa shape index (κ3) is 3.22. The number of carbonyl (C=O) groups is 1. The number of halogens is 2. The van der Waals surface area contributed by atoms with Crippen molar-refractivity contribution < 1.29 is 13.6 Å². The van der Waals surface area contributed by atoms with E-state index in [1.54, 1.807) is 0 Å². The number of benzene rings is 1. The summed E-state index contributed by atoms with van der Waals surface area (Å²) in [6.45, 7) is 2.14. The lowest BCUT2D eigenvalue weighted by Gasteiger charge is -2.26. The van der Waals surface area contributed by atoms with Gasteiger partial charge in [-0.2, -0.15) is 5.26 Å². The van der Waals surface area contributed by atoms with Crippen LogP contribution in [0.15, 0.2) is 18.2 Å². The van der Waals surface area contributed by atoms with E-state index in [1.807, 2.05) is 6.07 Å². The second-order valence-corrected chi connectivity index (χ2v) is 5.62. The number of Topliss-reactive ketones (excluding diaryl/α,β-unsaturated/α-hetero) is 1. The Morgan fingerprint density at radius 3 is 2.25 bits per heavy atom. The molecule has 1 unspecified atom stereocenters. The monoisotopic (exact) mass is 277 g/mol. The van der Waals surface area contributed by atoms with Crippen LogP contribution in [0.1, 0.15) is 44.1 Å². The van der Waals surface area contributed by atoms with Crippen LogP contribution in [-0.4, -0.2) is 5.78 Å². The second kappa shape index (κ2) is 6.13. The minimum absolute atomic E-state index is 0.119. The highest BCUT2D eigenvalue weighted by Crippen LogP contribution is 2.33. The average Bonchev–Trinajstić information content (AvgIpc) is 2.39. The third-order valence-electron chi connectivity index (χ3n) is 4.05. The molecule has 0 spiro atoms. The minimum Gasteiger partial charge on any atom is -0.298 e. The Kier molecular flexibility index (Phi) is 4.49. The lowest BCUT2D eigenvalue weighted by molar-refractivity contribution is -0.124. The molecule has 2 rings (SSSR count). The molecule has 0 aromatic heterocycles. The van der Waals surface area contributed by atoms with Crippen LogP contribution in [-0.2, 0) is 4.79 Å². The minimum atomic E-state index is -1.07. The highest BCUT2D eigenvalue weighted by Gasteiger charge is 2.31. The maximum absolute atomic E-state index is 13.2. The van der Waals surface area contributed by atoms with Crippen molar-refractivity contribution in [2.24, 2.45) is 11.8 Å². The topological polar surface area (TPSA) is 40.9 Å². The summed E-state index contributed by atoms with van der Waals surface area (Å²) in [4.78, 5) is 12.4. The summed E-state index contributed by atoms with van der Waals surface area (Å²) in [6, 6.07) is 4.78. The van der Waals surface area contributed by atoms with E-state index in [0.29, 0.717) is 5.92 Å². The molecular weight excluding hydrogens is 260 g/mol. The van der Waals surface area contributed by atoms with Crippen molar-refractivity contribution in [2.45, 2.75) is 38.5 Å². The number of carbonyl (C=O) groups excluding carboxylic acids is 1. The largest absolute Gasteiger partial charge is 0.298 e. The summed E-state index contributed by atoms with van der Waals surface area (Å²) in [5.41, 5.74) is 0.119. The highest BCUT2D eigenvalue weighted by molar-refractivity contribution is 5.90. The van der Waals surface area contributed by atoms with Gasteiger partial charge in [0.1, 0.15) is 17.6 Å². The lowest BCUT2D eigenvalue weighted by atomic mass is 9.77. The summed E-state index contributed by atoms with van der Waals surface area (Å²) in [7, 11) is 0. The number of hydrogen-bond acceptors (Lipinski definition) is 2. The maximum Gasteiger partial charge on any atom is 0.157 e. The molecule has 1 aliphatic carbocycles. The molecular formula is C16H17F2NO. The summed E-state index contributed by atoms with van der Waals surface area (Å²) in [6.07, 6.45) is 3.45. The molecule has 2 nitrogen and oxygen atoms in total. The fraction of sp³-hybridized carbons (Fsp3) is 0.500. The molecule has 1 fully saturated rings. The smallest absolute Gasteiger partial charge is 0.157 e. The Balaban J connectivity index is 2.19. The zero-order chi connectivity index (χ0) is 14.7. The van der Waals surface area contributed by atoms with Crippen LogP contribution in [0.25, 0.3) is 0 Å². The quantitative estimate of drug-likeness (QED) is 0.838. The zero-order valence-electron chi connectivity index (χ0n) is 11.4. The predicted molar refractivity (Wildman–Crippen MR) is 70.8 cm³/mol. The number of nitriles is 1. The number of ketones is 1. The van der Waals surface area contributed by atoms with Crippen LogP contribution in [0.4, 0.5) is 8.78 Å². The first-order chi connectivity index (χ1) is 9.51. The molecule has 0 saturated heterocycles. The summed E-state index contributed by atoms with van der Waals surface area (Å²) in [5, 5.41) is 9.20. The van der Waals surface area contributed by atoms with Crippen molar-refractivity contribution in [3.05, 3.63) is 35.4 Å². The van der Waals surface area contributed by atoms with Crippen LogP contribution in [0, 0.1) is 34.8 Å². The molecule has 0 radical (unpaired) electrons. The van der Waals surface area contributed by atoms with Gasteiger partial charge in [0.25, 0.3) is 0 Å². The molecule has 20 heavy (non-hydrogen) atoms. The third-order valence-corrected chi connectivity index (χ3v) is 4.05. The van der Waals surface area contributed by atoms with Crippen molar-refractivity contribution in [1.29, 1.82) is 5.26 Å². The summed E-state index contributed by atoms with van der Waals surface area (Å²) < 4.78 is 26.4. The van der Waals surface area contributed by atoms with E-state index < -0.39 is 17.6 Å². The van der Waals surface area contributed by atoms with Crippen LogP contribution >= 0.6 is 0 Å². The van der Waals surface area contributed by atoms with E-state index in [0.717, 1.165) is 43.9 Å². The molecule has 0 heterocycles. The van der Waals surface area contributed by atoms with Crippen molar-refractivity contribution in [1.82, 2.24) is 0 Å². The van der Waals surface area contributed by atoms with Gasteiger partial charge in [-0.15, -0.1) is 0 Å². The van der Waals surface area contributed by atoms with E-state index in [9.17, 15) is 18.8 Å².